The van der Waals surface area contributed by atoms with Crippen LogP contribution in [0.5, 0.6) is 0 Å². The maximum absolute atomic E-state index is 14.3. The van der Waals surface area contributed by atoms with E-state index in [2.05, 4.69) is 6.58 Å². The number of ketones is 2. The molecular weight excluding hydrogens is 734 g/mol. The van der Waals surface area contributed by atoms with Crippen molar-refractivity contribution in [3.63, 3.8) is 0 Å². The zero-order valence-electron chi connectivity index (χ0n) is 35.4. The van der Waals surface area contributed by atoms with Crippen LogP contribution in [-0.2, 0) is 42.9 Å². The first-order chi connectivity index (χ1) is 27.0. The minimum atomic E-state index is -2.51. The van der Waals surface area contributed by atoms with Crippen LogP contribution in [0.25, 0.3) is 0 Å². The number of carbonyl (C=O) groups is 4. The maximum Gasteiger partial charge on any atom is 0.329 e. The number of carbonyl (C=O) groups excluding carboxylic acids is 4. The molecule has 0 aromatic heterocycles. The number of nitrogens with zero attached hydrogens (tertiary/aromatic N) is 1. The van der Waals surface area contributed by atoms with Crippen molar-refractivity contribution in [2.24, 2.45) is 29.6 Å². The summed E-state index contributed by atoms with van der Waals surface area (Å²) in [6.45, 7) is 13.1. The lowest BCUT2D eigenvalue weighted by Crippen LogP contribution is -2.64. The van der Waals surface area contributed by atoms with Crippen molar-refractivity contribution in [2.45, 2.75) is 160 Å². The summed E-state index contributed by atoms with van der Waals surface area (Å²) < 4.78 is 29.7. The number of cyclic esters (lactones) is 1. The van der Waals surface area contributed by atoms with E-state index in [1.807, 2.05) is 32.9 Å². The molecule has 0 unspecified atom stereocenters. The molecule has 322 valence electrons. The molecule has 2 saturated heterocycles. The Labute approximate surface area is 339 Å². The molecule has 0 aromatic carbocycles. The van der Waals surface area contributed by atoms with E-state index >= 15 is 0 Å². The van der Waals surface area contributed by atoms with E-state index in [4.69, 9.17) is 23.7 Å². The summed E-state index contributed by atoms with van der Waals surface area (Å²) in [5.41, 5.74) is 1.61. The van der Waals surface area contributed by atoms with E-state index in [1.165, 1.54) is 19.1 Å². The highest BCUT2D eigenvalue weighted by Crippen LogP contribution is 2.39. The molecule has 3 N–H and O–H groups in total. The normalized spacial score (nSPS) is 41.0. The quantitative estimate of drug-likeness (QED) is 0.185. The summed E-state index contributed by atoms with van der Waals surface area (Å²) in [4.78, 5) is 57.8. The second kappa shape index (κ2) is 21.0. The smallest absolute Gasteiger partial charge is 0.329 e. The monoisotopic (exact) mass is 803 g/mol. The van der Waals surface area contributed by atoms with Gasteiger partial charge in [0.1, 0.15) is 24.0 Å². The van der Waals surface area contributed by atoms with E-state index in [0.29, 0.717) is 56.9 Å². The number of methoxy groups -OCH3 is 3. The average molecular weight is 804 g/mol. The highest BCUT2D eigenvalue weighted by atomic mass is 16.7. The molecule has 3 fully saturated rings. The Bertz CT molecular complexity index is 1480. The number of hydrogen-bond acceptors (Lipinski definition) is 12. The molecule has 2 bridgehead atoms. The SMILES string of the molecule is C=CC[C@@H]1/C=C(/C)C[C@@H](C)C[C@H](OC)[C@H]2O[C@@](O)(C(=O)C(=O)N3CCCC[C@H]3C(=O)O[C@H](/C(C)=C/[C@@H]3CC[C@@H](O)[C@H](OC)C3)[C@H](C)[C@H](O)CC1=O)[C@H](C)C[C@@H]2OC. The summed E-state index contributed by atoms with van der Waals surface area (Å²) in [5.74, 6) is -7.76. The van der Waals surface area contributed by atoms with Gasteiger partial charge in [-0.15, -0.1) is 6.58 Å². The molecule has 4 rings (SSSR count). The highest BCUT2D eigenvalue weighted by molar-refractivity contribution is 6.39. The minimum absolute atomic E-state index is 0.00988. The number of amides is 1. The summed E-state index contributed by atoms with van der Waals surface area (Å²) in [7, 11) is 4.61. The van der Waals surface area contributed by atoms with E-state index < -0.39 is 83.9 Å². The molecule has 1 saturated carbocycles. The molecule has 1 aliphatic carbocycles. The number of aliphatic hydroxyl groups excluding tert-OH is 2. The predicted octanol–water partition coefficient (Wildman–Crippen LogP) is 4.64. The van der Waals surface area contributed by atoms with Crippen molar-refractivity contribution >= 4 is 23.4 Å². The summed E-state index contributed by atoms with van der Waals surface area (Å²) in [6, 6.07) is -1.14. The lowest BCUT2D eigenvalue weighted by Gasteiger charge is -2.47. The van der Waals surface area contributed by atoms with Gasteiger partial charge in [-0.3, -0.25) is 14.4 Å². The Hall–Kier alpha value is -2.78. The second-order valence-electron chi connectivity index (χ2n) is 17.3. The van der Waals surface area contributed by atoms with Crippen LogP contribution in [0.3, 0.4) is 0 Å². The zero-order chi connectivity index (χ0) is 42.2. The summed E-state index contributed by atoms with van der Waals surface area (Å²) in [6.07, 6.45) is 4.93. The van der Waals surface area contributed by atoms with Gasteiger partial charge in [0.2, 0.25) is 5.79 Å². The molecular formula is C44H69NO12. The van der Waals surface area contributed by atoms with Gasteiger partial charge in [0, 0.05) is 52.0 Å². The summed E-state index contributed by atoms with van der Waals surface area (Å²) in [5, 5.41) is 34.1. The van der Waals surface area contributed by atoms with E-state index in [0.717, 1.165) is 5.57 Å². The molecule has 0 spiro atoms. The fourth-order valence-electron chi connectivity index (χ4n) is 9.42. The first kappa shape index (κ1) is 46.9. The number of piperidine rings is 1. The van der Waals surface area contributed by atoms with Gasteiger partial charge >= 0.3 is 5.97 Å². The first-order valence-corrected chi connectivity index (χ1v) is 20.9. The zero-order valence-corrected chi connectivity index (χ0v) is 35.4. The third-order valence-electron chi connectivity index (χ3n) is 12.9. The lowest BCUT2D eigenvalue weighted by molar-refractivity contribution is -0.302. The Morgan fingerprint density at radius 1 is 0.930 bits per heavy atom. The van der Waals surface area contributed by atoms with Crippen molar-refractivity contribution < 1.29 is 58.2 Å². The number of rotatable bonds is 7. The van der Waals surface area contributed by atoms with Crippen molar-refractivity contribution in [1.29, 1.82) is 0 Å². The third kappa shape index (κ3) is 11.3. The number of Topliss-reactive ketones (excluding diaryl/α,β-unsaturated/α-hetero) is 2. The lowest BCUT2D eigenvalue weighted by atomic mass is 9.81. The third-order valence-corrected chi connectivity index (χ3v) is 12.9. The van der Waals surface area contributed by atoms with Gasteiger partial charge in [-0.25, -0.2) is 4.79 Å². The minimum Gasteiger partial charge on any atom is -0.456 e. The van der Waals surface area contributed by atoms with Gasteiger partial charge < -0.3 is 43.9 Å². The Morgan fingerprint density at radius 2 is 1.60 bits per heavy atom. The van der Waals surface area contributed by atoms with Crippen molar-refractivity contribution in [2.75, 3.05) is 27.9 Å². The highest BCUT2D eigenvalue weighted by Gasteiger charge is 2.56. The second-order valence-corrected chi connectivity index (χ2v) is 17.3. The van der Waals surface area contributed by atoms with Crippen molar-refractivity contribution in [3.05, 3.63) is 36.0 Å². The predicted molar refractivity (Wildman–Crippen MR) is 213 cm³/mol. The fourth-order valence-corrected chi connectivity index (χ4v) is 9.42. The van der Waals surface area contributed by atoms with Gasteiger partial charge in [-0.2, -0.15) is 0 Å². The van der Waals surface area contributed by atoms with Crippen LogP contribution in [0.1, 0.15) is 105 Å². The maximum atomic E-state index is 14.3. The number of allylic oxidation sites excluding steroid dienone is 4. The van der Waals surface area contributed by atoms with Gasteiger partial charge in [-0.1, -0.05) is 44.6 Å². The molecule has 14 atom stereocenters. The Morgan fingerprint density at radius 3 is 2.25 bits per heavy atom. The van der Waals surface area contributed by atoms with Crippen LogP contribution in [0.2, 0.25) is 0 Å². The van der Waals surface area contributed by atoms with Crippen LogP contribution >= 0.6 is 0 Å². The van der Waals surface area contributed by atoms with Crippen molar-refractivity contribution in [3.8, 4) is 0 Å². The number of fused-ring (bicyclic) bond motifs is 3. The van der Waals surface area contributed by atoms with Gasteiger partial charge in [0.25, 0.3) is 11.7 Å². The number of hydrogen-bond donors (Lipinski definition) is 3. The topological polar surface area (TPSA) is 178 Å². The standard InChI is InChI=1S/C44H69NO12/c1-10-13-31-19-25(2)18-26(3)20-37(54-8)40-38(55-9)22-28(5)44(52,57-40)41(49)42(50)45-17-12-11-14-32(45)43(51)56-39(29(6)34(47)24-35(31)48)27(4)21-30-15-16-33(46)36(23-30)53-7/h10,19,21,26,28-34,36-40,46-47,52H,1,11-18,20,22-24H2,2-9H3/b25-19-,27-21+/t26-,28-,29-,30+,31-,32+,33-,34-,36-,37+,38+,39-,40-,44-/m1/s1. The molecule has 1 amide bonds. The fraction of sp³-hybridized carbons (Fsp3) is 0.773. The molecule has 3 heterocycles. The average Bonchev–Trinajstić information content (AvgIpc) is 3.18. The van der Waals surface area contributed by atoms with Gasteiger partial charge in [0.15, 0.2) is 0 Å². The van der Waals surface area contributed by atoms with Gasteiger partial charge in [0.05, 0.1) is 30.5 Å². The molecule has 13 nitrogen and oxygen atoms in total. The van der Waals surface area contributed by atoms with Crippen LogP contribution in [-0.4, -0.2) is 126 Å². The Balaban J connectivity index is 1.78. The molecule has 3 aliphatic heterocycles. The molecule has 4 aliphatic rings. The largest absolute Gasteiger partial charge is 0.456 e. The number of ether oxygens (including phenoxy) is 5. The van der Waals surface area contributed by atoms with E-state index in [1.54, 1.807) is 27.0 Å². The molecule has 57 heavy (non-hydrogen) atoms. The number of aliphatic hydroxyl groups is 3. The first-order valence-electron chi connectivity index (χ1n) is 20.9. The van der Waals surface area contributed by atoms with Crippen LogP contribution in [0, 0.1) is 29.6 Å². The van der Waals surface area contributed by atoms with Crippen molar-refractivity contribution in [1.82, 2.24) is 4.90 Å². The Kier molecular flexibility index (Phi) is 17.2. The van der Waals surface area contributed by atoms with Gasteiger partial charge in [-0.05, 0) is 95.5 Å². The molecule has 0 aromatic rings. The van der Waals surface area contributed by atoms with Crippen LogP contribution in [0.4, 0.5) is 0 Å². The summed E-state index contributed by atoms with van der Waals surface area (Å²) >= 11 is 0. The molecule has 0 radical (unpaired) electrons. The molecule has 13 heteroatoms. The van der Waals surface area contributed by atoms with E-state index in [9.17, 15) is 34.5 Å². The number of esters is 1. The van der Waals surface area contributed by atoms with E-state index in [-0.39, 0.29) is 49.5 Å². The van der Waals surface area contributed by atoms with Crippen LogP contribution in [0.15, 0.2) is 36.0 Å². The van der Waals surface area contributed by atoms with Crippen LogP contribution < -0.4 is 0 Å².